The van der Waals surface area contributed by atoms with Gasteiger partial charge in [-0.3, -0.25) is 4.79 Å². The summed E-state index contributed by atoms with van der Waals surface area (Å²) >= 11 is 0. The minimum Gasteiger partial charge on any atom is -0.483 e. The first-order chi connectivity index (χ1) is 9.90. The lowest BCUT2D eigenvalue weighted by Crippen LogP contribution is -2.32. The van der Waals surface area contributed by atoms with Crippen molar-refractivity contribution in [2.45, 2.75) is 27.7 Å². The molecule has 1 rings (SSSR count). The molecule has 1 aromatic rings. The molecule has 0 aliphatic carbocycles. The Hall–Kier alpha value is -1.81. The maximum absolute atomic E-state index is 11.7. The zero-order chi connectivity index (χ0) is 15.8. The quantitative estimate of drug-likeness (QED) is 0.592. The second-order valence-electron chi connectivity index (χ2n) is 5.38. The fourth-order valence-electron chi connectivity index (χ4n) is 2.09. The molecule has 0 aromatic heterocycles. The zero-order valence-electron chi connectivity index (χ0n) is 13.4. The highest BCUT2D eigenvalue weighted by atomic mass is 16.5. The fraction of sp³-hybridized carbons (Fsp3) is 0.471. The first kappa shape index (κ1) is 17.2. The first-order valence-electron chi connectivity index (χ1n) is 7.09. The third-order valence-electron chi connectivity index (χ3n) is 2.87. The molecule has 1 amide bonds. The van der Waals surface area contributed by atoms with Gasteiger partial charge in [-0.15, -0.1) is 0 Å². The van der Waals surface area contributed by atoms with E-state index >= 15 is 0 Å². The Morgan fingerprint density at radius 1 is 1.19 bits per heavy atom. The Balaban J connectivity index is 2.32. The number of carbonyl (C=O) groups is 1. The minimum absolute atomic E-state index is 0.0191. The van der Waals surface area contributed by atoms with Crippen LogP contribution in [0.2, 0.25) is 0 Å². The first-order valence-corrected chi connectivity index (χ1v) is 7.09. The lowest BCUT2D eigenvalue weighted by Gasteiger charge is -2.13. The summed E-state index contributed by atoms with van der Waals surface area (Å²) in [5.74, 6) is 0.641. The van der Waals surface area contributed by atoms with Crippen LogP contribution in [0, 0.1) is 20.8 Å². The standard InChI is InChI=1S/C17H25NO3/c1-12(2)10-20-7-6-18-16(19)11-21-17-14(4)8-13(3)9-15(17)5/h8-9H,1,6-7,10-11H2,2-5H3,(H,18,19). The van der Waals surface area contributed by atoms with Crippen LogP contribution >= 0.6 is 0 Å². The number of benzene rings is 1. The molecule has 0 saturated carbocycles. The third-order valence-corrected chi connectivity index (χ3v) is 2.87. The number of aryl methyl sites for hydroxylation is 3. The molecule has 4 heteroatoms. The van der Waals surface area contributed by atoms with Crippen LogP contribution in [-0.4, -0.2) is 32.3 Å². The molecule has 0 atom stereocenters. The van der Waals surface area contributed by atoms with Gasteiger partial charge >= 0.3 is 0 Å². The van der Waals surface area contributed by atoms with Crippen molar-refractivity contribution in [1.82, 2.24) is 5.32 Å². The molecular weight excluding hydrogens is 266 g/mol. The van der Waals surface area contributed by atoms with Crippen molar-refractivity contribution in [2.24, 2.45) is 0 Å². The molecule has 0 aliphatic rings. The number of carbonyl (C=O) groups excluding carboxylic acids is 1. The molecule has 4 nitrogen and oxygen atoms in total. The van der Waals surface area contributed by atoms with E-state index in [9.17, 15) is 4.79 Å². The molecule has 0 radical (unpaired) electrons. The average molecular weight is 291 g/mol. The van der Waals surface area contributed by atoms with Gasteiger partial charge in [0.15, 0.2) is 6.61 Å². The third kappa shape index (κ3) is 6.45. The van der Waals surface area contributed by atoms with Gasteiger partial charge in [-0.2, -0.15) is 0 Å². The summed E-state index contributed by atoms with van der Waals surface area (Å²) in [7, 11) is 0. The molecule has 0 spiro atoms. The van der Waals surface area contributed by atoms with Gasteiger partial charge in [0.05, 0.1) is 13.2 Å². The molecule has 0 heterocycles. The van der Waals surface area contributed by atoms with Crippen molar-refractivity contribution in [3.8, 4) is 5.75 Å². The summed E-state index contributed by atoms with van der Waals surface area (Å²) in [4.78, 5) is 11.7. The number of rotatable bonds is 8. The van der Waals surface area contributed by atoms with Gasteiger partial charge in [0.25, 0.3) is 5.91 Å². The van der Waals surface area contributed by atoms with Crippen LogP contribution in [0.3, 0.4) is 0 Å². The average Bonchev–Trinajstić information content (AvgIpc) is 2.36. The maximum atomic E-state index is 11.7. The zero-order valence-corrected chi connectivity index (χ0v) is 13.4. The van der Waals surface area contributed by atoms with E-state index in [1.165, 1.54) is 5.56 Å². The van der Waals surface area contributed by atoms with E-state index in [0.29, 0.717) is 19.8 Å². The topological polar surface area (TPSA) is 47.6 Å². The summed E-state index contributed by atoms with van der Waals surface area (Å²) in [6, 6.07) is 4.09. The van der Waals surface area contributed by atoms with Crippen molar-refractivity contribution in [1.29, 1.82) is 0 Å². The van der Waals surface area contributed by atoms with Gasteiger partial charge in [-0.1, -0.05) is 29.8 Å². The predicted octanol–water partition coefficient (Wildman–Crippen LogP) is 2.70. The van der Waals surface area contributed by atoms with E-state index in [2.05, 4.69) is 11.9 Å². The second-order valence-corrected chi connectivity index (χ2v) is 5.38. The summed E-state index contributed by atoms with van der Waals surface area (Å²) < 4.78 is 10.9. The van der Waals surface area contributed by atoms with Crippen LogP contribution in [0.15, 0.2) is 24.3 Å². The van der Waals surface area contributed by atoms with Crippen LogP contribution in [0.25, 0.3) is 0 Å². The van der Waals surface area contributed by atoms with Crippen molar-refractivity contribution in [3.63, 3.8) is 0 Å². The van der Waals surface area contributed by atoms with Gasteiger partial charge in [-0.05, 0) is 38.8 Å². The molecule has 0 aliphatic heterocycles. The van der Waals surface area contributed by atoms with Crippen molar-refractivity contribution in [2.75, 3.05) is 26.4 Å². The number of ether oxygens (including phenoxy) is 2. The van der Waals surface area contributed by atoms with E-state index < -0.39 is 0 Å². The van der Waals surface area contributed by atoms with Crippen molar-refractivity contribution >= 4 is 5.91 Å². The fourth-order valence-corrected chi connectivity index (χ4v) is 2.09. The highest BCUT2D eigenvalue weighted by molar-refractivity contribution is 5.77. The number of amides is 1. The summed E-state index contributed by atoms with van der Waals surface area (Å²) in [5, 5.41) is 2.76. The summed E-state index contributed by atoms with van der Waals surface area (Å²) in [6.45, 7) is 13.1. The highest BCUT2D eigenvalue weighted by Crippen LogP contribution is 2.24. The Labute approximate surface area is 127 Å². The number of hydrogen-bond acceptors (Lipinski definition) is 3. The van der Waals surface area contributed by atoms with E-state index in [4.69, 9.17) is 9.47 Å². The molecule has 21 heavy (non-hydrogen) atoms. The summed E-state index contributed by atoms with van der Waals surface area (Å²) in [6.07, 6.45) is 0. The van der Waals surface area contributed by atoms with Crippen molar-refractivity contribution < 1.29 is 14.3 Å². The SMILES string of the molecule is C=C(C)COCCNC(=O)COc1c(C)cc(C)cc1C. The van der Waals surface area contributed by atoms with E-state index in [0.717, 1.165) is 22.4 Å². The normalized spacial score (nSPS) is 10.3. The minimum atomic E-state index is -0.145. The monoisotopic (exact) mass is 291 g/mol. The number of hydrogen-bond donors (Lipinski definition) is 1. The van der Waals surface area contributed by atoms with Gasteiger partial charge in [0, 0.05) is 6.54 Å². The molecule has 0 saturated heterocycles. The molecule has 116 valence electrons. The lowest BCUT2D eigenvalue weighted by molar-refractivity contribution is -0.123. The molecule has 1 N–H and O–H groups in total. The predicted molar refractivity (Wildman–Crippen MR) is 84.8 cm³/mol. The van der Waals surface area contributed by atoms with Crippen LogP contribution in [-0.2, 0) is 9.53 Å². The second kappa shape index (κ2) is 8.47. The maximum Gasteiger partial charge on any atom is 0.258 e. The Morgan fingerprint density at radius 2 is 1.81 bits per heavy atom. The summed E-state index contributed by atoms with van der Waals surface area (Å²) in [5.41, 5.74) is 4.25. The smallest absolute Gasteiger partial charge is 0.258 e. The van der Waals surface area contributed by atoms with Gasteiger partial charge < -0.3 is 14.8 Å². The highest BCUT2D eigenvalue weighted by Gasteiger charge is 2.08. The molecular formula is C17H25NO3. The molecule has 1 aromatic carbocycles. The van der Waals surface area contributed by atoms with Gasteiger partial charge in [0.2, 0.25) is 0 Å². The van der Waals surface area contributed by atoms with Crippen LogP contribution < -0.4 is 10.1 Å². The Kier molecular flexibility index (Phi) is 6.96. The van der Waals surface area contributed by atoms with Gasteiger partial charge in [0.1, 0.15) is 5.75 Å². The molecule has 0 bridgehead atoms. The lowest BCUT2D eigenvalue weighted by atomic mass is 10.1. The Morgan fingerprint density at radius 3 is 2.38 bits per heavy atom. The van der Waals surface area contributed by atoms with E-state index in [1.54, 1.807) is 0 Å². The number of nitrogens with one attached hydrogen (secondary N) is 1. The van der Waals surface area contributed by atoms with Crippen LogP contribution in [0.1, 0.15) is 23.6 Å². The Bertz CT molecular complexity index is 486. The van der Waals surface area contributed by atoms with Crippen LogP contribution in [0.4, 0.5) is 0 Å². The van der Waals surface area contributed by atoms with Crippen LogP contribution in [0.5, 0.6) is 5.75 Å². The molecule has 0 fully saturated rings. The largest absolute Gasteiger partial charge is 0.483 e. The van der Waals surface area contributed by atoms with E-state index in [-0.39, 0.29) is 12.5 Å². The molecule has 0 unspecified atom stereocenters. The van der Waals surface area contributed by atoms with Crippen molar-refractivity contribution in [3.05, 3.63) is 41.0 Å². The van der Waals surface area contributed by atoms with E-state index in [1.807, 2.05) is 39.8 Å². The van der Waals surface area contributed by atoms with Gasteiger partial charge in [-0.25, -0.2) is 0 Å².